The van der Waals surface area contributed by atoms with Crippen LogP contribution in [0, 0.1) is 0 Å². The Morgan fingerprint density at radius 3 is 1.97 bits per heavy atom. The molecule has 0 spiro atoms. The van der Waals surface area contributed by atoms with Crippen LogP contribution in [0.5, 0.6) is 0 Å². The summed E-state index contributed by atoms with van der Waals surface area (Å²) in [6, 6.07) is 10.7. The van der Waals surface area contributed by atoms with Crippen molar-refractivity contribution in [2.45, 2.75) is 31.4 Å². The van der Waals surface area contributed by atoms with Gasteiger partial charge in [-0.1, -0.05) is 35.0 Å². The predicted octanol–water partition coefficient (Wildman–Crippen LogP) is 5.81. The van der Waals surface area contributed by atoms with Gasteiger partial charge in [0.25, 0.3) is 0 Å². The molecule has 4 rings (SSSR count). The van der Waals surface area contributed by atoms with Crippen molar-refractivity contribution in [3.05, 3.63) is 77.4 Å². The first-order valence-electron chi connectivity index (χ1n) is 9.90. The summed E-state index contributed by atoms with van der Waals surface area (Å²) in [6.07, 6.45) is -7.84. The Labute approximate surface area is 191 Å². The van der Waals surface area contributed by atoms with Gasteiger partial charge >= 0.3 is 25.4 Å². The summed E-state index contributed by atoms with van der Waals surface area (Å²) in [6.45, 7) is 0.470. The zero-order valence-corrected chi connectivity index (χ0v) is 17.5. The maximum Gasteiger partial charge on any atom is 0.673 e. The number of alkyl halides is 6. The maximum absolute atomic E-state index is 13.2. The molecular weight excluding hydrogens is 499 g/mol. The predicted molar refractivity (Wildman–Crippen MR) is 103 cm³/mol. The lowest BCUT2D eigenvalue weighted by molar-refractivity contribution is -0.742. The number of benzene rings is 2. The molecule has 0 saturated heterocycles. The van der Waals surface area contributed by atoms with Crippen LogP contribution in [0.25, 0.3) is 5.69 Å². The summed E-state index contributed by atoms with van der Waals surface area (Å²) in [4.78, 5) is 0. The molecule has 0 bridgehead atoms. The van der Waals surface area contributed by atoms with Crippen molar-refractivity contribution in [3.8, 4) is 5.69 Å². The Morgan fingerprint density at radius 1 is 0.914 bits per heavy atom. The largest absolute Gasteiger partial charge is 0.673 e. The molecule has 0 fully saturated rings. The van der Waals surface area contributed by atoms with E-state index >= 15 is 0 Å². The van der Waals surface area contributed by atoms with Gasteiger partial charge in [0.05, 0.1) is 17.7 Å². The van der Waals surface area contributed by atoms with Gasteiger partial charge in [-0.15, -0.1) is 0 Å². The van der Waals surface area contributed by atoms with E-state index in [4.69, 9.17) is 4.74 Å². The summed E-state index contributed by atoms with van der Waals surface area (Å²) < 4.78 is 126. The van der Waals surface area contributed by atoms with Crippen LogP contribution in [-0.2, 0) is 30.1 Å². The summed E-state index contributed by atoms with van der Waals surface area (Å²) in [7, 11) is -6.00. The first-order valence-corrected chi connectivity index (χ1v) is 9.90. The van der Waals surface area contributed by atoms with E-state index in [0.717, 1.165) is 10.2 Å². The average Bonchev–Trinajstić information content (AvgIpc) is 3.17. The molecule has 0 N–H and O–H groups in total. The van der Waals surface area contributed by atoms with E-state index in [1.807, 2.05) is 30.3 Å². The monoisotopic (exact) mass is 515 g/mol. The number of nitrogens with zero attached hydrogens (tertiary/aromatic N) is 3. The standard InChI is InChI=1S/C20H16F6N3O.BF4/c21-19(22,23)14-7-15(20(24,25)26)9-16(8-14)29-12-28-17(10-30-11-18(28)27-29)6-13-4-2-1-3-5-13;2-1(3,4)5/h1-5,7-9,12,17H,6,10-11H2;/q+1;-1/t17-;/m0./s1. The summed E-state index contributed by atoms with van der Waals surface area (Å²) in [5.41, 5.74) is -2.07. The quantitative estimate of drug-likeness (QED) is 0.251. The highest BCUT2D eigenvalue weighted by Gasteiger charge is 2.38. The van der Waals surface area contributed by atoms with E-state index in [0.29, 0.717) is 31.0 Å². The molecule has 190 valence electrons. The Morgan fingerprint density at radius 2 is 1.46 bits per heavy atom. The van der Waals surface area contributed by atoms with E-state index in [1.165, 1.54) is 6.33 Å². The Kier molecular flexibility index (Phi) is 7.48. The Bertz CT molecular complexity index is 1100. The first-order chi connectivity index (χ1) is 16.1. The zero-order chi connectivity index (χ0) is 26.0. The number of rotatable bonds is 3. The van der Waals surface area contributed by atoms with E-state index in [-0.39, 0.29) is 24.4 Å². The molecule has 0 radical (unpaired) electrons. The topological polar surface area (TPSA) is 30.9 Å². The molecule has 2 aromatic carbocycles. The fourth-order valence-electron chi connectivity index (χ4n) is 3.40. The van der Waals surface area contributed by atoms with Gasteiger partial charge < -0.3 is 22.0 Å². The first kappa shape index (κ1) is 26.5. The molecule has 4 nitrogen and oxygen atoms in total. The Hall–Kier alpha value is -3.10. The highest BCUT2D eigenvalue weighted by molar-refractivity contribution is 6.50. The second kappa shape index (κ2) is 9.87. The van der Waals surface area contributed by atoms with Crippen LogP contribution in [0.15, 0.2) is 54.9 Å². The van der Waals surface area contributed by atoms with Crippen LogP contribution < -0.4 is 4.57 Å². The van der Waals surface area contributed by atoms with Crippen LogP contribution >= 0.6 is 0 Å². The van der Waals surface area contributed by atoms with Crippen LogP contribution in [0.2, 0.25) is 0 Å². The molecule has 1 aliphatic heterocycles. The van der Waals surface area contributed by atoms with Crippen molar-refractivity contribution < 1.29 is 52.9 Å². The van der Waals surface area contributed by atoms with E-state index in [1.54, 1.807) is 4.57 Å². The van der Waals surface area contributed by atoms with Gasteiger partial charge in [-0.05, 0) is 23.8 Å². The van der Waals surface area contributed by atoms with Crippen molar-refractivity contribution in [2.75, 3.05) is 6.61 Å². The fourth-order valence-corrected chi connectivity index (χ4v) is 3.40. The molecular formula is C20H16BF10N3O. The molecule has 1 aliphatic rings. The number of hydrogen-bond acceptors (Lipinski definition) is 2. The van der Waals surface area contributed by atoms with E-state index in [9.17, 15) is 43.6 Å². The second-order valence-corrected chi connectivity index (χ2v) is 7.50. The number of ether oxygens (including phenoxy) is 1. The number of fused-ring (bicyclic) bond motifs is 1. The van der Waals surface area contributed by atoms with Gasteiger partial charge in [-0.25, -0.2) is 4.57 Å². The average molecular weight is 515 g/mol. The van der Waals surface area contributed by atoms with Gasteiger partial charge in [0.1, 0.15) is 18.3 Å². The van der Waals surface area contributed by atoms with Crippen LogP contribution in [-0.4, -0.2) is 23.6 Å². The van der Waals surface area contributed by atoms with Crippen molar-refractivity contribution in [1.29, 1.82) is 0 Å². The van der Waals surface area contributed by atoms with Crippen molar-refractivity contribution >= 4 is 7.25 Å². The fraction of sp³-hybridized carbons (Fsp3) is 0.300. The van der Waals surface area contributed by atoms with Gasteiger partial charge in [0, 0.05) is 11.5 Å². The van der Waals surface area contributed by atoms with Crippen LogP contribution in [0.4, 0.5) is 43.6 Å². The molecule has 1 atom stereocenters. The van der Waals surface area contributed by atoms with Gasteiger partial charge in [-0.3, -0.25) is 0 Å². The zero-order valence-electron chi connectivity index (χ0n) is 17.5. The molecule has 2 heterocycles. The third-order valence-electron chi connectivity index (χ3n) is 4.84. The molecule has 0 unspecified atom stereocenters. The molecule has 35 heavy (non-hydrogen) atoms. The molecule has 0 saturated carbocycles. The third-order valence-corrected chi connectivity index (χ3v) is 4.84. The lowest BCUT2D eigenvalue weighted by atomic mass is 10.1. The maximum atomic E-state index is 13.2. The lowest BCUT2D eigenvalue weighted by Crippen LogP contribution is -2.48. The lowest BCUT2D eigenvalue weighted by Gasteiger charge is -2.19. The van der Waals surface area contributed by atoms with Crippen molar-refractivity contribution in [1.82, 2.24) is 9.78 Å². The minimum absolute atomic E-state index is 0.0986. The van der Waals surface area contributed by atoms with Gasteiger partial charge in [-0.2, -0.15) is 26.3 Å². The summed E-state index contributed by atoms with van der Waals surface area (Å²) in [5.74, 6) is 0.424. The van der Waals surface area contributed by atoms with Gasteiger partial charge in [0.15, 0.2) is 0 Å². The summed E-state index contributed by atoms with van der Waals surface area (Å²) >= 11 is 0. The smallest absolute Gasteiger partial charge is 0.418 e. The highest BCUT2D eigenvalue weighted by Crippen LogP contribution is 2.37. The van der Waals surface area contributed by atoms with Crippen molar-refractivity contribution in [2.24, 2.45) is 0 Å². The number of hydrogen-bond donors (Lipinski definition) is 0. The molecule has 1 aromatic heterocycles. The van der Waals surface area contributed by atoms with E-state index in [2.05, 4.69) is 5.10 Å². The minimum atomic E-state index is -6.00. The molecule has 0 amide bonds. The van der Waals surface area contributed by atoms with Crippen molar-refractivity contribution in [3.63, 3.8) is 0 Å². The SMILES string of the molecule is FC(F)(F)c1cc(-n2c[n+]3c(n2)COC[C@@H]3Cc2ccccc2)cc(C(F)(F)F)c1.F[B-](F)(F)F. The number of aromatic nitrogens is 3. The van der Waals surface area contributed by atoms with Gasteiger partial charge in [0.2, 0.25) is 6.33 Å². The second-order valence-electron chi connectivity index (χ2n) is 7.50. The Balaban J connectivity index is 0.000000623. The normalized spacial score (nSPS) is 16.3. The summed E-state index contributed by atoms with van der Waals surface area (Å²) in [5, 5.41) is 4.18. The molecule has 0 aliphatic carbocycles. The molecule has 15 heteroatoms. The highest BCUT2D eigenvalue weighted by atomic mass is 19.5. The van der Waals surface area contributed by atoms with Crippen LogP contribution in [0.1, 0.15) is 28.6 Å². The number of halogens is 10. The van der Waals surface area contributed by atoms with E-state index < -0.39 is 30.7 Å². The van der Waals surface area contributed by atoms with Crippen LogP contribution in [0.3, 0.4) is 0 Å². The minimum Gasteiger partial charge on any atom is -0.418 e. The third kappa shape index (κ3) is 7.44. The molecule has 3 aromatic rings.